The van der Waals surface area contributed by atoms with Crippen LogP contribution in [-0.2, 0) is 28.8 Å². The number of hydrogen-bond donors (Lipinski definition) is 4. The van der Waals surface area contributed by atoms with Gasteiger partial charge in [0.2, 0.25) is 5.69 Å². The van der Waals surface area contributed by atoms with Gasteiger partial charge in [0.15, 0.2) is 5.75 Å². The van der Waals surface area contributed by atoms with E-state index in [0.717, 1.165) is 0 Å². The third-order valence-corrected chi connectivity index (χ3v) is 7.50. The summed E-state index contributed by atoms with van der Waals surface area (Å²) >= 11 is 0. The lowest BCUT2D eigenvalue weighted by Crippen LogP contribution is -2.51. The largest absolute Gasteiger partial charge is 0.505 e. The van der Waals surface area contributed by atoms with Crippen molar-refractivity contribution in [2.24, 2.45) is 10.2 Å². The Morgan fingerprint density at radius 1 is 0.789 bits per heavy atom. The van der Waals surface area contributed by atoms with Crippen molar-refractivity contribution >= 4 is 59.5 Å². The van der Waals surface area contributed by atoms with Gasteiger partial charge in [0.25, 0.3) is 0 Å². The van der Waals surface area contributed by atoms with Gasteiger partial charge in [-0.3, -0.25) is 0 Å². The fourth-order valence-corrected chi connectivity index (χ4v) is 4.66. The molecular weight excluding hydrogens is 538 g/mol. The molecule has 3 aromatic carbocycles. The molecule has 14 nitrogen and oxygen atoms in total. The molecule has 1 aliphatic rings. The lowest BCUT2D eigenvalue weighted by molar-refractivity contribution is -0.635. The maximum absolute atomic E-state index is 12.4. The molecule has 9 N–H and O–H groups in total. The predicted octanol–water partition coefficient (Wildman–Crippen LogP) is 0.144. The first-order valence-electron chi connectivity index (χ1n) is 10.5. The molecule has 0 radical (unpaired) electrons. The highest BCUT2D eigenvalue weighted by atomic mass is 32.2. The molecule has 1 aliphatic carbocycles. The number of nitrogen functional groups attached to an aromatic ring is 1. The second kappa shape index (κ2) is 10.5. The summed E-state index contributed by atoms with van der Waals surface area (Å²) in [6.07, 6.45) is 6.24. The smallest absolute Gasteiger partial charge is 0.366 e. The van der Waals surface area contributed by atoms with E-state index in [9.17, 15) is 21.9 Å². The van der Waals surface area contributed by atoms with E-state index in [1.807, 2.05) is 0 Å². The second-order valence-corrected chi connectivity index (χ2v) is 10.8. The summed E-state index contributed by atoms with van der Waals surface area (Å²) in [7, 11) is -8.26. The Morgan fingerprint density at radius 3 is 1.95 bits per heavy atom. The highest BCUT2D eigenvalue weighted by molar-refractivity contribution is 7.87. The second-order valence-electron chi connectivity index (χ2n) is 7.61. The van der Waals surface area contributed by atoms with E-state index in [-0.39, 0.29) is 10.6 Å². The third-order valence-electron chi connectivity index (χ3n) is 5.18. The standard InChI is InChI=1S/C22H19N7O7S2/c23-14-1-10-19-13(11-14)12-20(38(33,34)36-25)21(22(19)30)29-28-16-4-2-15(3-5-16)26-27-17-6-8-18(9-7-17)37(31,32)35-24/h1-12H,24-25H3,(H-,23,30)/q+2/p+2. The van der Waals surface area contributed by atoms with Crippen molar-refractivity contribution in [3.63, 3.8) is 0 Å². The highest BCUT2D eigenvalue weighted by Gasteiger charge is 2.28. The van der Waals surface area contributed by atoms with Gasteiger partial charge in [-0.2, -0.15) is 28.6 Å². The average molecular weight is 560 g/mol. The number of phenolic OH excluding ortho intramolecular Hbond substituents is 1. The summed E-state index contributed by atoms with van der Waals surface area (Å²) in [6, 6.07) is 11.4. The molecule has 0 bridgehead atoms. The number of nitrogens with zero attached hydrogens (tertiary/aromatic N) is 4. The van der Waals surface area contributed by atoms with Crippen molar-refractivity contribution < 1.29 is 51.9 Å². The van der Waals surface area contributed by atoms with E-state index in [0.29, 0.717) is 33.6 Å². The summed E-state index contributed by atoms with van der Waals surface area (Å²) in [5.74, 6) is 5.46. The molecular formula is C22H21N7O7S2+4. The fourth-order valence-electron chi connectivity index (χ4n) is 3.28. The van der Waals surface area contributed by atoms with Crippen molar-refractivity contribution in [2.75, 3.05) is 5.73 Å². The molecule has 0 atom stereocenters. The minimum absolute atomic E-state index is 0.0690. The molecule has 194 valence electrons. The zero-order valence-electron chi connectivity index (χ0n) is 19.4. The SMILES string of the molecule is Nc1ccc2c(O)c(N=[N+]=C3C=CC(=[N+]=Nc4ccc(S(=O)(=O)O[NH3+])cc4)C=C3)c(S(=O)(=O)O[NH3+])cc2c1. The van der Waals surface area contributed by atoms with E-state index in [1.54, 1.807) is 30.4 Å². The Kier molecular flexibility index (Phi) is 7.32. The zero-order chi connectivity index (χ0) is 27.5. The van der Waals surface area contributed by atoms with Crippen molar-refractivity contribution in [3.8, 4) is 5.75 Å². The van der Waals surface area contributed by atoms with E-state index in [2.05, 4.69) is 40.2 Å². The van der Waals surface area contributed by atoms with Crippen molar-refractivity contribution in [1.29, 1.82) is 0 Å². The maximum atomic E-state index is 12.4. The van der Waals surface area contributed by atoms with E-state index < -0.39 is 30.9 Å². The minimum Gasteiger partial charge on any atom is -0.505 e. The summed E-state index contributed by atoms with van der Waals surface area (Å²) in [5.41, 5.74) is 6.98. The number of nitrogens with two attached hydrogens (primary N) is 1. The van der Waals surface area contributed by atoms with Crippen LogP contribution in [0.3, 0.4) is 0 Å². The predicted molar refractivity (Wildman–Crippen MR) is 132 cm³/mol. The summed E-state index contributed by atoms with van der Waals surface area (Å²) in [5, 5.41) is 19.4. The topological polar surface area (TPSA) is 241 Å². The zero-order valence-corrected chi connectivity index (χ0v) is 21.1. The number of hydrogen-bond acceptors (Lipinski definition) is 10. The number of fused-ring (bicyclic) bond motifs is 1. The summed E-state index contributed by atoms with van der Waals surface area (Å²) in [4.78, 5) is 7.59. The van der Waals surface area contributed by atoms with Crippen LogP contribution in [0.4, 0.5) is 17.1 Å². The molecule has 0 unspecified atom stereocenters. The molecule has 16 heteroatoms. The minimum atomic E-state index is -4.35. The van der Waals surface area contributed by atoms with Gasteiger partial charge in [-0.15, -0.1) is 0 Å². The number of quaternary nitrogens is 2. The van der Waals surface area contributed by atoms with Crippen LogP contribution >= 0.6 is 0 Å². The van der Waals surface area contributed by atoms with Crippen LogP contribution in [0.15, 0.2) is 92.9 Å². The van der Waals surface area contributed by atoms with E-state index in [1.165, 1.54) is 42.5 Å². The van der Waals surface area contributed by atoms with Crippen LogP contribution < -0.4 is 17.5 Å². The quantitative estimate of drug-likeness (QED) is 0.106. The van der Waals surface area contributed by atoms with Crippen LogP contribution in [0, 0.1) is 0 Å². The summed E-state index contributed by atoms with van der Waals surface area (Å²) in [6.45, 7) is 0. The number of benzene rings is 3. The molecule has 0 fully saturated rings. The molecule has 0 spiro atoms. The Hall–Kier alpha value is -4.50. The van der Waals surface area contributed by atoms with Crippen molar-refractivity contribution in [1.82, 2.24) is 0 Å². The van der Waals surface area contributed by atoms with Crippen LogP contribution in [0.5, 0.6) is 5.75 Å². The van der Waals surface area contributed by atoms with Crippen molar-refractivity contribution in [3.05, 3.63) is 72.8 Å². The molecule has 0 heterocycles. The van der Waals surface area contributed by atoms with Gasteiger partial charge in [0, 0.05) is 35.4 Å². The monoisotopic (exact) mass is 559 g/mol. The molecule has 38 heavy (non-hydrogen) atoms. The Morgan fingerprint density at radius 2 is 1.37 bits per heavy atom. The maximum Gasteiger partial charge on any atom is 0.366 e. The Balaban J connectivity index is 1.66. The summed E-state index contributed by atoms with van der Waals surface area (Å²) < 4.78 is 56.7. The lowest BCUT2D eigenvalue weighted by Gasteiger charge is -2.07. The normalized spacial score (nSPS) is 13.3. The first-order chi connectivity index (χ1) is 18.0. The van der Waals surface area contributed by atoms with Crippen LogP contribution in [0.1, 0.15) is 0 Å². The van der Waals surface area contributed by atoms with Gasteiger partial charge in [-0.1, -0.05) is 8.57 Å². The van der Waals surface area contributed by atoms with Crippen LogP contribution in [0.2, 0.25) is 0 Å². The van der Waals surface area contributed by atoms with Gasteiger partial charge < -0.3 is 10.8 Å². The van der Waals surface area contributed by atoms with E-state index in [4.69, 9.17) is 5.73 Å². The molecule has 0 saturated heterocycles. The van der Waals surface area contributed by atoms with Gasteiger partial charge in [0.05, 0.1) is 14.5 Å². The number of aromatic hydroxyl groups is 1. The number of allylic oxidation sites excluding steroid dienone is 4. The molecule has 3 aromatic rings. The molecule has 0 amide bonds. The molecule has 0 aliphatic heterocycles. The first kappa shape index (κ1) is 26.6. The number of anilines is 1. The van der Waals surface area contributed by atoms with Gasteiger partial charge in [-0.25, -0.2) is 0 Å². The number of phenols is 1. The third kappa shape index (κ3) is 5.57. The first-order valence-corrected chi connectivity index (χ1v) is 13.3. The van der Waals surface area contributed by atoms with Crippen LogP contribution in [0.25, 0.3) is 10.8 Å². The lowest BCUT2D eigenvalue weighted by atomic mass is 10.1. The van der Waals surface area contributed by atoms with Gasteiger partial charge in [-0.05, 0) is 53.9 Å². The highest BCUT2D eigenvalue weighted by Crippen LogP contribution is 2.41. The van der Waals surface area contributed by atoms with Crippen LogP contribution in [-0.4, -0.2) is 42.9 Å². The Bertz CT molecular complexity index is 1830. The Labute approximate surface area is 215 Å². The van der Waals surface area contributed by atoms with Gasteiger partial charge in [0.1, 0.15) is 20.8 Å². The van der Waals surface area contributed by atoms with E-state index >= 15 is 0 Å². The fraction of sp³-hybridized carbons (Fsp3) is 0. The molecule has 4 rings (SSSR count). The molecule has 0 saturated carbocycles. The average Bonchev–Trinajstić information content (AvgIpc) is 2.92. The molecule has 0 aromatic heterocycles. The number of rotatable bonds is 6. The van der Waals surface area contributed by atoms with Gasteiger partial charge >= 0.3 is 31.7 Å². The van der Waals surface area contributed by atoms with Crippen molar-refractivity contribution in [2.45, 2.75) is 9.79 Å².